The first-order valence-corrected chi connectivity index (χ1v) is 20.0. The summed E-state index contributed by atoms with van der Waals surface area (Å²) in [7, 11) is -1.56. The molecule has 53 heavy (non-hydrogen) atoms. The molecular formula is C42H55N5O5S. The zero-order chi connectivity index (χ0) is 38.8. The number of carbonyl (C=O) groups excluding carboxylic acids is 3. The van der Waals surface area contributed by atoms with Crippen LogP contribution in [0.3, 0.4) is 0 Å². The van der Waals surface area contributed by atoms with Gasteiger partial charge in [0.2, 0.25) is 5.91 Å². The van der Waals surface area contributed by atoms with Crippen LogP contribution in [-0.4, -0.2) is 57.3 Å². The zero-order valence-electron chi connectivity index (χ0n) is 32.2. The molecule has 0 fully saturated rings. The van der Waals surface area contributed by atoms with Crippen molar-refractivity contribution in [2.45, 2.75) is 91.5 Å². The number of unbranched alkanes of at least 4 members (excludes halogenated alkanes) is 4. The van der Waals surface area contributed by atoms with Crippen molar-refractivity contribution in [2.24, 2.45) is 0 Å². The Balaban J connectivity index is 0.00000372. The van der Waals surface area contributed by atoms with Gasteiger partial charge >= 0.3 is 0 Å². The summed E-state index contributed by atoms with van der Waals surface area (Å²) in [5.74, 6) is -0.164. The highest BCUT2D eigenvalue weighted by Gasteiger charge is 2.23. The lowest BCUT2D eigenvalue weighted by atomic mass is 9.86. The quantitative estimate of drug-likeness (QED) is 0.0962. The van der Waals surface area contributed by atoms with E-state index in [1.54, 1.807) is 24.5 Å². The van der Waals surface area contributed by atoms with E-state index in [0.29, 0.717) is 11.4 Å². The lowest BCUT2D eigenvalue weighted by Crippen LogP contribution is -2.50. The first kappa shape index (κ1) is 42.5. The first-order valence-electron chi connectivity index (χ1n) is 18.4. The van der Waals surface area contributed by atoms with Crippen LogP contribution in [0.25, 0.3) is 22.5 Å². The Hall–Kier alpha value is -4.90. The summed E-state index contributed by atoms with van der Waals surface area (Å²) in [4.78, 5) is 47.7. The summed E-state index contributed by atoms with van der Waals surface area (Å²) in [6, 6.07) is 21.7. The molecule has 0 saturated carbocycles. The van der Waals surface area contributed by atoms with Crippen LogP contribution in [0.15, 0.2) is 85.2 Å². The fraction of sp³-hybridized carbons (Fsp3) is 0.405. The minimum Gasteiger partial charge on any atom is -0.494 e. The predicted octanol–water partition coefficient (Wildman–Crippen LogP) is 7.35. The molecule has 0 aliphatic heterocycles. The Morgan fingerprint density at radius 1 is 0.792 bits per heavy atom. The van der Waals surface area contributed by atoms with Gasteiger partial charge in [0.05, 0.1) is 13.2 Å². The van der Waals surface area contributed by atoms with Crippen LogP contribution in [0.5, 0.6) is 5.75 Å². The van der Waals surface area contributed by atoms with Crippen molar-refractivity contribution in [1.29, 1.82) is 0 Å². The molecule has 0 aliphatic carbocycles. The van der Waals surface area contributed by atoms with Crippen molar-refractivity contribution < 1.29 is 23.3 Å². The molecule has 2 unspecified atom stereocenters. The number of aromatic nitrogens is 2. The molecule has 4 rings (SSSR count). The normalized spacial score (nSPS) is 12.1. The van der Waals surface area contributed by atoms with Gasteiger partial charge in [-0.05, 0) is 52.8 Å². The topological polar surface area (TPSA) is 139 Å². The maximum Gasteiger partial charge on any atom is 0.251 e. The molecule has 3 N–H and O–H groups in total. The average molecular weight is 742 g/mol. The van der Waals surface area contributed by atoms with Gasteiger partial charge in [-0.15, -0.1) is 0 Å². The Kier molecular flexibility index (Phi) is 17.3. The van der Waals surface area contributed by atoms with Crippen molar-refractivity contribution in [3.63, 3.8) is 0 Å². The standard InChI is InChI=1S/C40H49N5O5S.C2H6/c1-6-7-8-9-10-23-50-34-21-17-29(18-22-34)32-25-41-37(42-26-32)30-13-11-28(12-14-30)24-35(39(48)43-27-36(46)45-51(5)49)44-38(47)31-15-19-33(20-16-31)40(2,3)4;1-2/h11-22,25-26,35H,6-10,23-24,27H2,1-5H3,(H,43,48)(H,44,47)(H,45,46);1-2H3. The maximum atomic E-state index is 13.2. The lowest BCUT2D eigenvalue weighted by Gasteiger charge is -2.20. The number of nitrogens with one attached hydrogen (secondary N) is 3. The summed E-state index contributed by atoms with van der Waals surface area (Å²) in [5.41, 5.74) is 4.86. The second-order valence-electron chi connectivity index (χ2n) is 13.5. The first-order chi connectivity index (χ1) is 25.4. The molecule has 4 aromatic rings. The maximum absolute atomic E-state index is 13.2. The highest BCUT2D eigenvalue weighted by molar-refractivity contribution is 7.82. The summed E-state index contributed by atoms with van der Waals surface area (Å²) < 4.78 is 19.5. The lowest BCUT2D eigenvalue weighted by molar-refractivity contribution is -0.126. The summed E-state index contributed by atoms with van der Waals surface area (Å²) >= 11 is 0. The minimum absolute atomic E-state index is 0.0753. The third-order valence-electron chi connectivity index (χ3n) is 8.32. The molecule has 0 bridgehead atoms. The van der Waals surface area contributed by atoms with E-state index in [2.05, 4.69) is 53.0 Å². The van der Waals surface area contributed by atoms with Crippen LogP contribution in [0.2, 0.25) is 0 Å². The van der Waals surface area contributed by atoms with Crippen molar-refractivity contribution in [2.75, 3.05) is 19.4 Å². The van der Waals surface area contributed by atoms with Gasteiger partial charge in [-0.2, -0.15) is 0 Å². The van der Waals surface area contributed by atoms with E-state index >= 15 is 0 Å². The molecule has 10 nitrogen and oxygen atoms in total. The van der Waals surface area contributed by atoms with E-state index in [1.807, 2.05) is 74.5 Å². The van der Waals surface area contributed by atoms with Crippen LogP contribution in [0.4, 0.5) is 0 Å². The number of hydrogen-bond donors (Lipinski definition) is 3. The average Bonchev–Trinajstić information content (AvgIpc) is 3.16. The van der Waals surface area contributed by atoms with E-state index in [-0.39, 0.29) is 18.4 Å². The second-order valence-corrected chi connectivity index (χ2v) is 14.6. The van der Waals surface area contributed by atoms with Gasteiger partial charge in [0.15, 0.2) is 5.82 Å². The zero-order valence-corrected chi connectivity index (χ0v) is 33.0. The fourth-order valence-corrected chi connectivity index (χ4v) is 5.74. The number of nitrogens with zero attached hydrogens (tertiary/aromatic N) is 2. The molecule has 0 spiro atoms. The summed E-state index contributed by atoms with van der Waals surface area (Å²) in [6.45, 7) is 12.8. The van der Waals surface area contributed by atoms with Gasteiger partial charge in [0, 0.05) is 41.8 Å². The number of carbonyl (C=O) groups is 3. The predicted molar refractivity (Wildman–Crippen MR) is 214 cm³/mol. The van der Waals surface area contributed by atoms with Crippen molar-refractivity contribution in [1.82, 2.24) is 25.3 Å². The number of benzene rings is 3. The van der Waals surface area contributed by atoms with Crippen LogP contribution < -0.4 is 20.1 Å². The van der Waals surface area contributed by atoms with Gasteiger partial charge in [0.25, 0.3) is 11.8 Å². The van der Waals surface area contributed by atoms with E-state index in [9.17, 15) is 18.6 Å². The summed E-state index contributed by atoms with van der Waals surface area (Å²) in [6.07, 6.45) is 11.1. The molecule has 1 aromatic heterocycles. The third kappa shape index (κ3) is 14.2. The Bertz CT molecular complexity index is 1750. The fourth-order valence-electron chi connectivity index (χ4n) is 5.35. The Morgan fingerprint density at radius 3 is 1.98 bits per heavy atom. The molecule has 2 atom stereocenters. The van der Waals surface area contributed by atoms with Crippen LogP contribution >= 0.6 is 0 Å². The van der Waals surface area contributed by atoms with E-state index in [1.165, 1.54) is 31.9 Å². The van der Waals surface area contributed by atoms with Gasteiger partial charge in [-0.3, -0.25) is 19.1 Å². The van der Waals surface area contributed by atoms with E-state index in [4.69, 9.17) is 4.74 Å². The molecule has 0 aliphatic rings. The van der Waals surface area contributed by atoms with E-state index in [0.717, 1.165) is 46.6 Å². The van der Waals surface area contributed by atoms with Crippen LogP contribution in [-0.2, 0) is 32.4 Å². The number of ether oxygens (including phenoxy) is 1. The Labute approximate surface area is 317 Å². The molecule has 3 amide bonds. The smallest absolute Gasteiger partial charge is 0.251 e. The SMILES string of the molecule is CC.CCCCCCCOc1ccc(-c2cnc(-c3ccc(CC(NC(=O)c4ccc(C(C)(C)C)cc4)C(=O)NCC(=O)NS(C)=O)cc3)nc2)cc1. The molecule has 0 saturated heterocycles. The largest absolute Gasteiger partial charge is 0.494 e. The van der Waals surface area contributed by atoms with Crippen molar-refractivity contribution >= 4 is 28.7 Å². The monoisotopic (exact) mass is 741 g/mol. The molecule has 284 valence electrons. The number of amides is 3. The minimum atomic E-state index is -1.56. The van der Waals surface area contributed by atoms with Crippen molar-refractivity contribution in [3.05, 3.63) is 102 Å². The molecule has 11 heteroatoms. The van der Waals surface area contributed by atoms with E-state index < -0.39 is 34.7 Å². The molecule has 1 heterocycles. The van der Waals surface area contributed by atoms with Gasteiger partial charge < -0.3 is 15.4 Å². The van der Waals surface area contributed by atoms with Gasteiger partial charge in [-0.25, -0.2) is 14.2 Å². The highest BCUT2D eigenvalue weighted by atomic mass is 32.2. The number of hydrogen-bond acceptors (Lipinski definition) is 7. The summed E-state index contributed by atoms with van der Waals surface area (Å²) in [5, 5.41) is 5.36. The number of rotatable bonds is 17. The Morgan fingerprint density at radius 2 is 1.40 bits per heavy atom. The molecule has 3 aromatic carbocycles. The molecular weight excluding hydrogens is 687 g/mol. The van der Waals surface area contributed by atoms with Crippen LogP contribution in [0.1, 0.15) is 95.1 Å². The highest BCUT2D eigenvalue weighted by Crippen LogP contribution is 2.24. The van der Waals surface area contributed by atoms with Crippen molar-refractivity contribution in [3.8, 4) is 28.3 Å². The van der Waals surface area contributed by atoms with Gasteiger partial charge in [0.1, 0.15) is 22.8 Å². The van der Waals surface area contributed by atoms with Gasteiger partial charge in [-0.1, -0.05) is 116 Å². The van der Waals surface area contributed by atoms with Crippen LogP contribution in [0, 0.1) is 0 Å². The third-order valence-corrected chi connectivity index (χ3v) is 8.84. The second kappa shape index (κ2) is 21.6. The molecule has 0 radical (unpaired) electrons.